The molecule has 5 nitrogen and oxygen atoms in total. The highest BCUT2D eigenvalue weighted by Gasteiger charge is 2.58. The number of aliphatic carboxylic acids is 1. The Hall–Kier alpha value is -1.87. The molecule has 10 heteroatoms. The van der Waals surface area contributed by atoms with Crippen LogP contribution in [0.1, 0.15) is 13.8 Å². The first-order valence-corrected chi connectivity index (χ1v) is 5.24. The summed E-state index contributed by atoms with van der Waals surface area (Å²) in [5.74, 6) is -6.65. The minimum atomic E-state index is -5.72. The number of carboxylic acids is 1. The van der Waals surface area contributed by atoms with Crippen molar-refractivity contribution in [3.05, 3.63) is 12.4 Å². The van der Waals surface area contributed by atoms with Crippen molar-refractivity contribution < 1.29 is 36.6 Å². The van der Waals surface area contributed by atoms with Crippen LogP contribution in [-0.2, 0) is 10.3 Å². The summed E-state index contributed by atoms with van der Waals surface area (Å²) in [5.41, 5.74) is -1.49. The van der Waals surface area contributed by atoms with Crippen LogP contribution in [0.2, 0.25) is 0 Å². The van der Waals surface area contributed by atoms with E-state index in [4.69, 9.17) is 5.11 Å². The van der Waals surface area contributed by atoms with E-state index in [2.05, 4.69) is 9.84 Å². The van der Waals surface area contributed by atoms with E-state index in [1.54, 1.807) is 0 Å². The van der Waals surface area contributed by atoms with Gasteiger partial charge in [0.25, 0.3) is 0 Å². The molecule has 0 aliphatic heterocycles. The second-order valence-electron chi connectivity index (χ2n) is 4.48. The highest BCUT2D eigenvalue weighted by molar-refractivity contribution is 5.75. The smallest absolute Gasteiger partial charge is 0.456 e. The number of alkyl halides is 5. The van der Waals surface area contributed by atoms with Crippen LogP contribution in [0.3, 0.4) is 0 Å². The maximum atomic E-state index is 12.6. The molecule has 0 radical (unpaired) electrons. The molecule has 0 atom stereocenters. The lowest BCUT2D eigenvalue weighted by atomic mass is 10.1. The van der Waals surface area contributed by atoms with E-state index in [9.17, 15) is 26.7 Å². The summed E-state index contributed by atoms with van der Waals surface area (Å²) in [7, 11) is 0. The molecule has 0 bridgehead atoms. The molecular formula is C10H11F5N2O3. The summed E-state index contributed by atoms with van der Waals surface area (Å²) >= 11 is 0. The van der Waals surface area contributed by atoms with Gasteiger partial charge in [-0.2, -0.15) is 27.1 Å². The number of hydrogen-bond acceptors (Lipinski definition) is 3. The van der Waals surface area contributed by atoms with Gasteiger partial charge in [0, 0.05) is 0 Å². The van der Waals surface area contributed by atoms with Gasteiger partial charge in [-0.05, 0) is 13.8 Å². The quantitative estimate of drug-likeness (QED) is 0.848. The van der Waals surface area contributed by atoms with Crippen molar-refractivity contribution >= 4 is 5.97 Å². The molecule has 1 rings (SSSR count). The third-order valence-electron chi connectivity index (χ3n) is 2.49. The molecule has 0 saturated heterocycles. The summed E-state index contributed by atoms with van der Waals surface area (Å²) < 4.78 is 66.1. The van der Waals surface area contributed by atoms with Crippen LogP contribution < -0.4 is 4.74 Å². The number of aromatic nitrogens is 2. The van der Waals surface area contributed by atoms with E-state index in [1.165, 1.54) is 13.8 Å². The second kappa shape index (κ2) is 4.91. The largest absolute Gasteiger partial charge is 0.484 e. The van der Waals surface area contributed by atoms with Crippen LogP contribution in [0, 0.1) is 0 Å². The van der Waals surface area contributed by atoms with E-state index < -0.39 is 30.2 Å². The number of carboxylic acid groups (broad SMARTS) is 1. The Kier molecular flexibility index (Phi) is 3.97. The lowest BCUT2D eigenvalue weighted by Gasteiger charge is -2.20. The Bertz CT molecular complexity index is 495. The molecule has 114 valence electrons. The van der Waals surface area contributed by atoms with Crippen molar-refractivity contribution in [2.75, 3.05) is 6.61 Å². The van der Waals surface area contributed by atoms with Crippen molar-refractivity contribution in [3.63, 3.8) is 0 Å². The first-order valence-electron chi connectivity index (χ1n) is 5.24. The van der Waals surface area contributed by atoms with Crippen molar-refractivity contribution in [2.24, 2.45) is 0 Å². The minimum absolute atomic E-state index is 0.386. The molecule has 0 aliphatic carbocycles. The second-order valence-corrected chi connectivity index (χ2v) is 4.48. The van der Waals surface area contributed by atoms with Crippen LogP contribution >= 0.6 is 0 Å². The van der Waals surface area contributed by atoms with Crippen molar-refractivity contribution in [2.45, 2.75) is 31.5 Å². The highest BCUT2D eigenvalue weighted by atomic mass is 19.4. The van der Waals surface area contributed by atoms with E-state index >= 15 is 0 Å². The number of ether oxygens (including phenoxy) is 1. The molecule has 1 heterocycles. The monoisotopic (exact) mass is 302 g/mol. The molecule has 0 fully saturated rings. The summed E-state index contributed by atoms with van der Waals surface area (Å²) in [6.07, 6.45) is -3.93. The topological polar surface area (TPSA) is 64.3 Å². The standard InChI is InChI=1S/C10H11F5N2O3/c1-8(2,7(18)19)17-4-6(3-16-17)20-5-9(11,12)10(13,14)15/h3-4H,5H2,1-2H3,(H,18,19). The normalized spacial score (nSPS) is 13.3. The fourth-order valence-corrected chi connectivity index (χ4v) is 1.04. The average molecular weight is 302 g/mol. The SMILES string of the molecule is CC(C)(C(=O)O)n1cc(OCC(F)(F)C(F)(F)F)cn1. The van der Waals surface area contributed by atoms with Gasteiger partial charge in [0.1, 0.15) is 0 Å². The molecular weight excluding hydrogens is 291 g/mol. The van der Waals surface area contributed by atoms with Gasteiger partial charge in [-0.3, -0.25) is 4.68 Å². The molecule has 0 amide bonds. The van der Waals surface area contributed by atoms with Gasteiger partial charge >= 0.3 is 18.1 Å². The molecule has 1 aromatic rings. The zero-order chi connectivity index (χ0) is 15.8. The number of halogens is 5. The van der Waals surface area contributed by atoms with Crippen LogP contribution in [0.4, 0.5) is 22.0 Å². The number of nitrogens with zero attached hydrogens (tertiary/aromatic N) is 2. The predicted octanol–water partition coefficient (Wildman–Crippen LogP) is 2.28. The van der Waals surface area contributed by atoms with Gasteiger partial charge in [0.15, 0.2) is 17.9 Å². The summed E-state index contributed by atoms with van der Waals surface area (Å²) in [6, 6.07) is 0. The Morgan fingerprint density at radius 3 is 2.35 bits per heavy atom. The van der Waals surface area contributed by atoms with Crippen molar-refractivity contribution in [3.8, 4) is 5.75 Å². The maximum absolute atomic E-state index is 12.6. The Balaban J connectivity index is 2.78. The first-order chi connectivity index (χ1) is 8.88. The van der Waals surface area contributed by atoms with Crippen molar-refractivity contribution in [1.82, 2.24) is 9.78 Å². The van der Waals surface area contributed by atoms with Crippen molar-refractivity contribution in [1.29, 1.82) is 0 Å². The van der Waals surface area contributed by atoms with Gasteiger partial charge < -0.3 is 9.84 Å². The molecule has 0 spiro atoms. The predicted molar refractivity (Wildman–Crippen MR) is 55.7 cm³/mol. The molecule has 1 N–H and O–H groups in total. The molecule has 0 aliphatic rings. The zero-order valence-electron chi connectivity index (χ0n) is 10.4. The van der Waals surface area contributed by atoms with Crippen LogP contribution in [0.15, 0.2) is 12.4 Å². The molecule has 0 aromatic carbocycles. The summed E-state index contributed by atoms with van der Waals surface area (Å²) in [6.45, 7) is 0.641. The number of carbonyl (C=O) groups is 1. The van der Waals surface area contributed by atoms with Crippen LogP contribution in [-0.4, -0.2) is 39.6 Å². The maximum Gasteiger partial charge on any atom is 0.456 e. The number of hydrogen-bond donors (Lipinski definition) is 1. The molecule has 1 aromatic heterocycles. The van der Waals surface area contributed by atoms with Gasteiger partial charge in [-0.1, -0.05) is 0 Å². The lowest BCUT2D eigenvalue weighted by molar-refractivity contribution is -0.290. The van der Waals surface area contributed by atoms with E-state index in [0.29, 0.717) is 0 Å². The summed E-state index contributed by atoms with van der Waals surface area (Å²) in [5, 5.41) is 12.5. The average Bonchev–Trinajstić information content (AvgIpc) is 2.73. The molecule has 0 saturated carbocycles. The number of rotatable bonds is 5. The third kappa shape index (κ3) is 3.17. The molecule has 0 unspecified atom stereocenters. The summed E-state index contributed by atoms with van der Waals surface area (Å²) in [4.78, 5) is 10.9. The van der Waals surface area contributed by atoms with Gasteiger partial charge in [-0.15, -0.1) is 0 Å². The fourth-order valence-electron chi connectivity index (χ4n) is 1.04. The fraction of sp³-hybridized carbons (Fsp3) is 0.600. The third-order valence-corrected chi connectivity index (χ3v) is 2.49. The van der Waals surface area contributed by atoms with Gasteiger partial charge in [-0.25, -0.2) is 4.79 Å². The van der Waals surface area contributed by atoms with E-state index in [1.807, 2.05) is 0 Å². The van der Waals surface area contributed by atoms with Gasteiger partial charge in [0.2, 0.25) is 0 Å². The Labute approximate surface area is 109 Å². The Morgan fingerprint density at radius 1 is 1.35 bits per heavy atom. The Morgan fingerprint density at radius 2 is 1.90 bits per heavy atom. The van der Waals surface area contributed by atoms with Gasteiger partial charge in [0.05, 0.1) is 12.4 Å². The highest BCUT2D eigenvalue weighted by Crippen LogP contribution is 2.35. The first kappa shape index (κ1) is 16.2. The zero-order valence-corrected chi connectivity index (χ0v) is 10.4. The molecule has 20 heavy (non-hydrogen) atoms. The van der Waals surface area contributed by atoms with Crippen LogP contribution in [0.5, 0.6) is 5.75 Å². The van der Waals surface area contributed by atoms with Crippen LogP contribution in [0.25, 0.3) is 0 Å². The van der Waals surface area contributed by atoms with E-state index in [0.717, 1.165) is 17.1 Å². The minimum Gasteiger partial charge on any atom is -0.484 e. The lowest BCUT2D eigenvalue weighted by Crippen LogP contribution is -2.41. The van der Waals surface area contributed by atoms with E-state index in [-0.39, 0.29) is 5.75 Å².